The van der Waals surface area contributed by atoms with Gasteiger partial charge in [-0.3, -0.25) is 9.59 Å². The summed E-state index contributed by atoms with van der Waals surface area (Å²) in [7, 11) is 1.58. The van der Waals surface area contributed by atoms with Crippen molar-refractivity contribution < 1.29 is 19.4 Å². The van der Waals surface area contributed by atoms with Crippen molar-refractivity contribution >= 4 is 11.8 Å². The molecule has 1 saturated heterocycles. The van der Waals surface area contributed by atoms with E-state index < -0.39 is 6.04 Å². The SMILES string of the molecule is COc1cc(C)c(-c2ccc(C(=O)N3CCNC(=O)[C@H]3CCO)cc2)cn1. The maximum atomic E-state index is 12.9. The molecule has 2 N–H and O–H groups in total. The molecule has 0 unspecified atom stereocenters. The predicted octanol–water partition coefficient (Wildman–Crippen LogP) is 1.39. The van der Waals surface area contributed by atoms with Gasteiger partial charge in [-0.1, -0.05) is 12.1 Å². The van der Waals surface area contributed by atoms with Crippen LogP contribution in [0.15, 0.2) is 36.5 Å². The maximum absolute atomic E-state index is 12.9. The number of carbonyl (C=O) groups excluding carboxylic acids is 2. The van der Waals surface area contributed by atoms with Gasteiger partial charge in [-0.15, -0.1) is 0 Å². The van der Waals surface area contributed by atoms with Crippen molar-refractivity contribution in [1.29, 1.82) is 0 Å². The molecule has 1 aliphatic heterocycles. The van der Waals surface area contributed by atoms with Crippen LogP contribution in [0.3, 0.4) is 0 Å². The highest BCUT2D eigenvalue weighted by atomic mass is 16.5. The van der Waals surface area contributed by atoms with Gasteiger partial charge < -0.3 is 20.1 Å². The lowest BCUT2D eigenvalue weighted by Crippen LogP contribution is -2.57. The van der Waals surface area contributed by atoms with Gasteiger partial charge in [-0.05, 0) is 36.6 Å². The van der Waals surface area contributed by atoms with Crippen molar-refractivity contribution in [2.45, 2.75) is 19.4 Å². The number of rotatable bonds is 5. The number of benzene rings is 1. The molecule has 27 heavy (non-hydrogen) atoms. The molecule has 2 aromatic rings. The summed E-state index contributed by atoms with van der Waals surface area (Å²) in [5.41, 5.74) is 3.44. The fourth-order valence-corrected chi connectivity index (χ4v) is 3.27. The third kappa shape index (κ3) is 3.93. The van der Waals surface area contributed by atoms with E-state index in [1.807, 2.05) is 25.1 Å². The summed E-state index contributed by atoms with van der Waals surface area (Å²) in [6.45, 7) is 2.68. The number of nitrogens with one attached hydrogen (secondary N) is 1. The molecule has 1 aliphatic rings. The van der Waals surface area contributed by atoms with E-state index in [4.69, 9.17) is 4.74 Å². The quantitative estimate of drug-likeness (QED) is 0.831. The van der Waals surface area contributed by atoms with Crippen molar-refractivity contribution in [3.8, 4) is 17.0 Å². The minimum Gasteiger partial charge on any atom is -0.481 e. The summed E-state index contributed by atoms with van der Waals surface area (Å²) in [4.78, 5) is 30.7. The standard InChI is InChI=1S/C20H23N3O4/c1-13-11-18(27-2)22-12-16(13)14-3-5-15(6-4-14)20(26)23-9-8-21-19(25)17(23)7-10-24/h3-6,11-12,17,24H,7-10H2,1-2H3,(H,21,25)/t17-/m1/s1. The Morgan fingerprint density at radius 3 is 2.74 bits per heavy atom. The Kier molecular flexibility index (Phi) is 5.71. The molecule has 2 amide bonds. The largest absolute Gasteiger partial charge is 0.481 e. The number of aromatic nitrogens is 1. The van der Waals surface area contributed by atoms with E-state index >= 15 is 0 Å². The van der Waals surface area contributed by atoms with Crippen LogP contribution >= 0.6 is 0 Å². The highest BCUT2D eigenvalue weighted by Gasteiger charge is 2.32. The fraction of sp³-hybridized carbons (Fsp3) is 0.350. The van der Waals surface area contributed by atoms with E-state index in [-0.39, 0.29) is 24.8 Å². The zero-order valence-corrected chi connectivity index (χ0v) is 15.4. The van der Waals surface area contributed by atoms with Gasteiger partial charge in [0.15, 0.2) is 0 Å². The number of ether oxygens (including phenoxy) is 1. The smallest absolute Gasteiger partial charge is 0.254 e. The van der Waals surface area contributed by atoms with Gasteiger partial charge in [0.25, 0.3) is 5.91 Å². The average Bonchev–Trinajstić information content (AvgIpc) is 2.69. The molecule has 0 bridgehead atoms. The van der Waals surface area contributed by atoms with Crippen LogP contribution in [0.4, 0.5) is 0 Å². The molecule has 0 radical (unpaired) electrons. The number of aryl methyl sites for hydroxylation is 1. The molecule has 0 spiro atoms. The van der Waals surface area contributed by atoms with Gasteiger partial charge in [0.05, 0.1) is 7.11 Å². The number of piperazine rings is 1. The first-order chi connectivity index (χ1) is 13.0. The fourth-order valence-electron chi connectivity index (χ4n) is 3.27. The number of aliphatic hydroxyl groups is 1. The first-order valence-electron chi connectivity index (χ1n) is 8.85. The molecule has 7 nitrogen and oxygen atoms in total. The second kappa shape index (κ2) is 8.18. The summed E-state index contributed by atoms with van der Waals surface area (Å²) in [5.74, 6) is 0.126. The van der Waals surface area contributed by atoms with E-state index in [1.165, 1.54) is 4.90 Å². The lowest BCUT2D eigenvalue weighted by Gasteiger charge is -2.34. The molecule has 1 aromatic heterocycles. The molecule has 2 heterocycles. The minimum atomic E-state index is -0.635. The molecule has 7 heteroatoms. The van der Waals surface area contributed by atoms with E-state index in [2.05, 4.69) is 10.3 Å². The summed E-state index contributed by atoms with van der Waals surface area (Å²) in [6, 6.07) is 8.47. The van der Waals surface area contributed by atoms with Crippen LogP contribution in [0.1, 0.15) is 22.3 Å². The van der Waals surface area contributed by atoms with Crippen molar-refractivity contribution in [2.24, 2.45) is 0 Å². The molecule has 0 aliphatic carbocycles. The third-order valence-corrected chi connectivity index (χ3v) is 4.73. The van der Waals surface area contributed by atoms with Crippen molar-refractivity contribution in [2.75, 3.05) is 26.8 Å². The van der Waals surface area contributed by atoms with Crippen LogP contribution in [0.2, 0.25) is 0 Å². The minimum absolute atomic E-state index is 0.148. The first-order valence-corrected chi connectivity index (χ1v) is 8.85. The zero-order chi connectivity index (χ0) is 19.4. The molecule has 0 saturated carbocycles. The Morgan fingerprint density at radius 2 is 2.11 bits per heavy atom. The second-order valence-electron chi connectivity index (χ2n) is 6.44. The van der Waals surface area contributed by atoms with E-state index in [0.717, 1.165) is 16.7 Å². The number of amides is 2. The lowest BCUT2D eigenvalue weighted by atomic mass is 10.0. The molecule has 1 aromatic carbocycles. The average molecular weight is 369 g/mol. The van der Waals surface area contributed by atoms with Crippen LogP contribution < -0.4 is 10.1 Å². The Hall–Kier alpha value is -2.93. The molecule has 142 valence electrons. The van der Waals surface area contributed by atoms with Crippen LogP contribution in [0.25, 0.3) is 11.1 Å². The van der Waals surface area contributed by atoms with Gasteiger partial charge in [-0.2, -0.15) is 0 Å². The molecular formula is C20H23N3O4. The van der Waals surface area contributed by atoms with Crippen molar-refractivity contribution in [1.82, 2.24) is 15.2 Å². The monoisotopic (exact) mass is 369 g/mol. The number of hydrogen-bond acceptors (Lipinski definition) is 5. The van der Waals surface area contributed by atoms with Crippen LogP contribution in [0, 0.1) is 6.92 Å². The number of methoxy groups -OCH3 is 1. The number of aliphatic hydroxyl groups excluding tert-OH is 1. The maximum Gasteiger partial charge on any atom is 0.254 e. The molecular weight excluding hydrogens is 346 g/mol. The van der Waals surface area contributed by atoms with Gasteiger partial charge in [0, 0.05) is 43.1 Å². The topological polar surface area (TPSA) is 91.8 Å². The van der Waals surface area contributed by atoms with Crippen LogP contribution in [-0.2, 0) is 4.79 Å². The Bertz CT molecular complexity index is 836. The Labute approximate surface area is 158 Å². The third-order valence-electron chi connectivity index (χ3n) is 4.73. The van der Waals surface area contributed by atoms with Crippen molar-refractivity contribution in [3.05, 3.63) is 47.7 Å². The van der Waals surface area contributed by atoms with E-state index in [1.54, 1.807) is 25.4 Å². The van der Waals surface area contributed by atoms with Crippen molar-refractivity contribution in [3.63, 3.8) is 0 Å². The molecule has 3 rings (SSSR count). The summed E-state index contributed by atoms with van der Waals surface area (Å²) < 4.78 is 5.13. The second-order valence-corrected chi connectivity index (χ2v) is 6.44. The van der Waals surface area contributed by atoms with Gasteiger partial charge >= 0.3 is 0 Å². The van der Waals surface area contributed by atoms with E-state index in [0.29, 0.717) is 24.5 Å². The number of nitrogens with zero attached hydrogens (tertiary/aromatic N) is 2. The van der Waals surface area contributed by atoms with Gasteiger partial charge in [0.1, 0.15) is 6.04 Å². The summed E-state index contributed by atoms with van der Waals surface area (Å²) in [6.07, 6.45) is 1.98. The lowest BCUT2D eigenvalue weighted by molar-refractivity contribution is -0.128. The van der Waals surface area contributed by atoms with Gasteiger partial charge in [-0.25, -0.2) is 4.98 Å². The van der Waals surface area contributed by atoms with Crippen LogP contribution in [0.5, 0.6) is 5.88 Å². The van der Waals surface area contributed by atoms with Gasteiger partial charge in [0.2, 0.25) is 11.8 Å². The van der Waals surface area contributed by atoms with Crippen LogP contribution in [-0.4, -0.2) is 59.7 Å². The predicted molar refractivity (Wildman–Crippen MR) is 100 cm³/mol. The number of pyridine rings is 1. The highest BCUT2D eigenvalue weighted by molar-refractivity contribution is 5.98. The normalized spacial score (nSPS) is 16.8. The molecule has 1 atom stereocenters. The summed E-state index contributed by atoms with van der Waals surface area (Å²) in [5, 5.41) is 11.9. The number of carbonyl (C=O) groups is 2. The zero-order valence-electron chi connectivity index (χ0n) is 15.4. The first kappa shape index (κ1) is 18.8. The summed E-state index contributed by atoms with van der Waals surface area (Å²) >= 11 is 0. The Balaban J connectivity index is 1.82. The van der Waals surface area contributed by atoms with E-state index in [9.17, 15) is 14.7 Å². The number of hydrogen-bond donors (Lipinski definition) is 2. The Morgan fingerprint density at radius 1 is 1.37 bits per heavy atom. The highest BCUT2D eigenvalue weighted by Crippen LogP contribution is 2.26. The molecule has 1 fully saturated rings.